The van der Waals surface area contributed by atoms with Crippen LogP contribution in [0, 0.1) is 5.92 Å². The molecule has 3 aromatic rings. The number of fused-ring (bicyclic) bond motifs is 1. The van der Waals surface area contributed by atoms with Gasteiger partial charge in [0.15, 0.2) is 5.82 Å². The van der Waals surface area contributed by atoms with Crippen LogP contribution in [0.4, 0.5) is 5.82 Å². The zero-order valence-corrected chi connectivity index (χ0v) is 17.4. The van der Waals surface area contributed by atoms with Crippen LogP contribution in [0.25, 0.3) is 5.65 Å². The van der Waals surface area contributed by atoms with E-state index in [4.69, 9.17) is 4.98 Å². The van der Waals surface area contributed by atoms with Gasteiger partial charge in [0.2, 0.25) is 5.65 Å². The summed E-state index contributed by atoms with van der Waals surface area (Å²) in [5.41, 5.74) is 2.48. The average Bonchev–Trinajstić information content (AvgIpc) is 3.08. The first-order valence-corrected chi connectivity index (χ1v) is 10.3. The molecule has 0 fully saturated rings. The number of pyridine rings is 1. The predicted octanol–water partition coefficient (Wildman–Crippen LogP) is 2.89. The molecule has 0 spiro atoms. The monoisotopic (exact) mass is 398 g/mol. The van der Waals surface area contributed by atoms with Gasteiger partial charge in [-0.15, -0.1) is 5.10 Å². The van der Waals surface area contributed by atoms with Crippen molar-refractivity contribution in [2.45, 2.75) is 59.0 Å². The van der Waals surface area contributed by atoms with Gasteiger partial charge >= 0.3 is 5.69 Å². The largest absolute Gasteiger partial charge is 0.387 e. The number of unbranched alkanes of at least 4 members (excludes halogenated alkanes) is 1. The van der Waals surface area contributed by atoms with Crippen LogP contribution in [0.5, 0.6) is 0 Å². The lowest BCUT2D eigenvalue weighted by molar-refractivity contribution is 0.143. The molecule has 0 bridgehead atoms. The second-order valence-electron chi connectivity index (χ2n) is 7.77. The molecule has 0 amide bonds. The van der Waals surface area contributed by atoms with Crippen LogP contribution in [0.1, 0.15) is 63.1 Å². The van der Waals surface area contributed by atoms with Crippen LogP contribution in [0.15, 0.2) is 29.3 Å². The van der Waals surface area contributed by atoms with E-state index in [0.717, 1.165) is 30.5 Å². The van der Waals surface area contributed by atoms with E-state index in [0.29, 0.717) is 42.5 Å². The van der Waals surface area contributed by atoms with Gasteiger partial charge in [-0.1, -0.05) is 33.3 Å². The second kappa shape index (κ2) is 9.65. The summed E-state index contributed by atoms with van der Waals surface area (Å²) in [5.74, 6) is 0.845. The number of aliphatic hydroxyl groups excluding tert-OH is 1. The molecule has 3 aromatic heterocycles. The summed E-state index contributed by atoms with van der Waals surface area (Å²) in [7, 11) is 0. The summed E-state index contributed by atoms with van der Waals surface area (Å²) in [4.78, 5) is 21.4. The van der Waals surface area contributed by atoms with Crippen molar-refractivity contribution >= 4 is 11.5 Å². The van der Waals surface area contributed by atoms with E-state index < -0.39 is 6.10 Å². The third-order valence-electron chi connectivity index (χ3n) is 4.87. The molecule has 3 rings (SSSR count). The maximum absolute atomic E-state index is 12.5. The Morgan fingerprint density at radius 2 is 2.14 bits per heavy atom. The number of aromatic nitrogens is 5. The maximum atomic E-state index is 12.5. The van der Waals surface area contributed by atoms with Gasteiger partial charge in [-0.2, -0.15) is 0 Å². The van der Waals surface area contributed by atoms with Crippen molar-refractivity contribution in [1.29, 1.82) is 0 Å². The Morgan fingerprint density at radius 3 is 2.83 bits per heavy atom. The van der Waals surface area contributed by atoms with Crippen LogP contribution in [-0.4, -0.2) is 36.2 Å². The third kappa shape index (κ3) is 5.00. The zero-order valence-electron chi connectivity index (χ0n) is 17.4. The molecule has 0 saturated heterocycles. The first-order chi connectivity index (χ1) is 14.0. The number of hydrogen-bond acceptors (Lipinski definition) is 6. The highest BCUT2D eigenvalue weighted by atomic mass is 16.3. The van der Waals surface area contributed by atoms with Crippen LogP contribution in [-0.2, 0) is 12.8 Å². The van der Waals surface area contributed by atoms with E-state index in [9.17, 15) is 9.90 Å². The standard InChI is InChI=1S/C21H30N6O2/c1-4-5-8-16-18(17(28)12-14(2)3)27-20(25-26-21(27)29)19(24-16)23-11-9-15-7-6-10-22-13-15/h6-7,10,13-14,17,28H,4-5,8-9,11-12H2,1-3H3,(H,23,24)(H,26,29). The molecule has 0 aliphatic carbocycles. The van der Waals surface area contributed by atoms with E-state index in [1.807, 2.05) is 32.2 Å². The minimum atomic E-state index is -0.767. The summed E-state index contributed by atoms with van der Waals surface area (Å²) in [5, 5.41) is 20.8. The van der Waals surface area contributed by atoms with Gasteiger partial charge in [0.1, 0.15) is 0 Å². The third-order valence-corrected chi connectivity index (χ3v) is 4.87. The number of rotatable bonds is 10. The van der Waals surface area contributed by atoms with E-state index in [-0.39, 0.29) is 5.69 Å². The summed E-state index contributed by atoms with van der Waals surface area (Å²) >= 11 is 0. The summed E-state index contributed by atoms with van der Waals surface area (Å²) < 4.78 is 1.48. The molecule has 0 radical (unpaired) electrons. The normalized spacial score (nSPS) is 12.6. The van der Waals surface area contributed by atoms with Crippen LogP contribution in [0.3, 0.4) is 0 Å². The van der Waals surface area contributed by atoms with E-state index in [2.05, 4.69) is 27.4 Å². The first-order valence-electron chi connectivity index (χ1n) is 10.3. The summed E-state index contributed by atoms with van der Waals surface area (Å²) in [6.07, 6.45) is 6.79. The van der Waals surface area contributed by atoms with Crippen LogP contribution < -0.4 is 11.0 Å². The first kappa shape index (κ1) is 21.0. The van der Waals surface area contributed by atoms with E-state index >= 15 is 0 Å². The topological polar surface area (TPSA) is 108 Å². The van der Waals surface area contributed by atoms with Gasteiger partial charge < -0.3 is 10.4 Å². The molecule has 8 nitrogen and oxygen atoms in total. The number of aromatic amines is 1. The molecule has 29 heavy (non-hydrogen) atoms. The molecule has 3 heterocycles. The van der Waals surface area contributed by atoms with Crippen molar-refractivity contribution in [1.82, 2.24) is 24.6 Å². The molecular weight excluding hydrogens is 368 g/mol. The van der Waals surface area contributed by atoms with E-state index in [1.165, 1.54) is 4.40 Å². The number of nitrogens with one attached hydrogen (secondary N) is 2. The van der Waals surface area contributed by atoms with Crippen molar-refractivity contribution in [3.8, 4) is 0 Å². The molecule has 0 aromatic carbocycles. The van der Waals surface area contributed by atoms with Crippen molar-refractivity contribution in [3.63, 3.8) is 0 Å². The lowest BCUT2D eigenvalue weighted by atomic mass is 10.00. The highest BCUT2D eigenvalue weighted by molar-refractivity contribution is 5.63. The molecule has 3 N–H and O–H groups in total. The fourth-order valence-corrected chi connectivity index (χ4v) is 3.47. The smallest absolute Gasteiger partial charge is 0.348 e. The van der Waals surface area contributed by atoms with Gasteiger partial charge in [0, 0.05) is 18.9 Å². The number of aryl methyl sites for hydroxylation is 1. The average molecular weight is 399 g/mol. The van der Waals surface area contributed by atoms with Crippen molar-refractivity contribution < 1.29 is 5.11 Å². The van der Waals surface area contributed by atoms with E-state index in [1.54, 1.807) is 6.20 Å². The Labute approximate surface area is 170 Å². The van der Waals surface area contributed by atoms with Crippen molar-refractivity contribution in [2.75, 3.05) is 11.9 Å². The Bertz CT molecular complexity index is 980. The fraction of sp³-hybridized carbons (Fsp3) is 0.524. The molecule has 0 aliphatic heterocycles. The quantitative estimate of drug-likeness (QED) is 0.485. The number of nitrogens with zero attached hydrogens (tertiary/aromatic N) is 4. The number of anilines is 1. The van der Waals surface area contributed by atoms with Crippen molar-refractivity contribution in [2.24, 2.45) is 5.92 Å². The Morgan fingerprint density at radius 1 is 1.31 bits per heavy atom. The van der Waals surface area contributed by atoms with Gasteiger partial charge in [-0.3, -0.25) is 4.98 Å². The van der Waals surface area contributed by atoms with Gasteiger partial charge in [-0.25, -0.2) is 19.3 Å². The highest BCUT2D eigenvalue weighted by Gasteiger charge is 2.23. The molecular formula is C21H30N6O2. The number of aliphatic hydroxyl groups is 1. The fourth-order valence-electron chi connectivity index (χ4n) is 3.47. The SMILES string of the molecule is CCCCc1nc(NCCc2cccnc2)c2n[nH]c(=O)n2c1C(O)CC(C)C. The molecule has 1 unspecified atom stereocenters. The molecule has 0 saturated carbocycles. The van der Waals surface area contributed by atoms with Crippen molar-refractivity contribution in [3.05, 3.63) is 52.0 Å². The number of H-pyrrole nitrogens is 1. The van der Waals surface area contributed by atoms with Gasteiger partial charge in [-0.05, 0) is 43.2 Å². The van der Waals surface area contributed by atoms with Gasteiger partial charge in [0.25, 0.3) is 0 Å². The predicted molar refractivity (Wildman–Crippen MR) is 113 cm³/mol. The maximum Gasteiger partial charge on any atom is 0.348 e. The Hall–Kier alpha value is -2.74. The molecule has 8 heteroatoms. The van der Waals surface area contributed by atoms with Crippen LogP contribution >= 0.6 is 0 Å². The number of hydrogen-bond donors (Lipinski definition) is 3. The lowest BCUT2D eigenvalue weighted by Gasteiger charge is -2.19. The highest BCUT2D eigenvalue weighted by Crippen LogP contribution is 2.27. The lowest BCUT2D eigenvalue weighted by Crippen LogP contribution is -2.22. The zero-order chi connectivity index (χ0) is 20.8. The Kier molecular flexibility index (Phi) is 6.98. The van der Waals surface area contributed by atoms with Crippen LogP contribution in [0.2, 0.25) is 0 Å². The second-order valence-corrected chi connectivity index (χ2v) is 7.77. The molecule has 0 aliphatic rings. The molecule has 1 atom stereocenters. The minimum absolute atomic E-state index is 0.291. The Balaban J connectivity index is 1.96. The van der Waals surface area contributed by atoms with Gasteiger partial charge in [0.05, 0.1) is 17.5 Å². The molecule has 156 valence electrons. The minimum Gasteiger partial charge on any atom is -0.387 e. The summed E-state index contributed by atoms with van der Waals surface area (Å²) in [6.45, 7) is 6.84. The summed E-state index contributed by atoms with van der Waals surface area (Å²) in [6, 6.07) is 3.93.